The van der Waals surface area contributed by atoms with Crippen LogP contribution < -0.4 is 15.6 Å². The fraction of sp³-hybridized carbons (Fsp3) is 0.417. The Hall–Kier alpha value is -2.42. The molecule has 1 amide bonds. The molecular weight excluding hydrogens is 474 g/mol. The summed E-state index contributed by atoms with van der Waals surface area (Å²) in [5, 5.41) is 8.89. The van der Waals surface area contributed by atoms with Crippen molar-refractivity contribution in [1.29, 1.82) is 0 Å². The first-order valence-electron chi connectivity index (χ1n) is 10.8. The number of carbonyl (C=O) groups is 1. The van der Waals surface area contributed by atoms with Gasteiger partial charge < -0.3 is 14.6 Å². The van der Waals surface area contributed by atoms with Gasteiger partial charge in [-0.15, -0.1) is 0 Å². The molecule has 1 aliphatic rings. The van der Waals surface area contributed by atoms with Crippen molar-refractivity contribution in [2.45, 2.75) is 51.3 Å². The maximum absolute atomic E-state index is 13.4. The molecule has 2 aromatic rings. The van der Waals surface area contributed by atoms with E-state index in [1.54, 1.807) is 0 Å². The van der Waals surface area contributed by atoms with Crippen LogP contribution in [0, 0.1) is 0 Å². The van der Waals surface area contributed by atoms with Crippen molar-refractivity contribution in [3.63, 3.8) is 0 Å². The number of nitrogens with zero attached hydrogens (tertiary/aromatic N) is 1. The zero-order valence-electron chi connectivity index (χ0n) is 18.6. The third-order valence-corrected chi connectivity index (χ3v) is 5.99. The minimum absolute atomic E-state index is 0.0823. The summed E-state index contributed by atoms with van der Waals surface area (Å²) in [6, 6.07) is 15.3. The number of rotatable bonds is 10. The fourth-order valence-electron chi connectivity index (χ4n) is 3.39. The average molecular weight is 504 g/mol. The van der Waals surface area contributed by atoms with Gasteiger partial charge in [-0.3, -0.25) is 10.2 Å². The Bertz CT molecular complexity index is 949. The minimum atomic E-state index is -1.13. The summed E-state index contributed by atoms with van der Waals surface area (Å²) in [5.74, 6) is 0.881. The number of nitrogens with one attached hydrogen (secondary N) is 2. The van der Waals surface area contributed by atoms with Crippen LogP contribution >= 0.6 is 15.9 Å². The van der Waals surface area contributed by atoms with Gasteiger partial charge in [0.2, 0.25) is 5.90 Å². The van der Waals surface area contributed by atoms with E-state index in [0.29, 0.717) is 31.1 Å². The van der Waals surface area contributed by atoms with Crippen LogP contribution in [-0.4, -0.2) is 47.8 Å². The van der Waals surface area contributed by atoms with E-state index in [2.05, 4.69) is 26.8 Å². The molecule has 0 aromatic heterocycles. The van der Waals surface area contributed by atoms with Crippen LogP contribution in [0.15, 0.2) is 58.0 Å². The van der Waals surface area contributed by atoms with Crippen molar-refractivity contribution >= 4 is 27.7 Å². The summed E-state index contributed by atoms with van der Waals surface area (Å²) in [4.78, 5) is 18.2. The molecule has 0 fully saturated rings. The van der Waals surface area contributed by atoms with Gasteiger partial charge in [-0.2, -0.15) is 0 Å². The number of aliphatic hydroxyl groups is 1. The second-order valence-corrected chi connectivity index (χ2v) is 8.93. The third-order valence-electron chi connectivity index (χ3n) is 5.22. The molecule has 1 aliphatic heterocycles. The SMILES string of the molecule is CC(C)NNC(=O)[C@@]1(Cc2ccccc2Br)N=C(c2ccc(OCCCO)cc2)O[C@H]1C. The van der Waals surface area contributed by atoms with Gasteiger partial charge in [-0.25, -0.2) is 10.4 Å². The molecule has 172 valence electrons. The average Bonchev–Trinajstić information content (AvgIpc) is 3.11. The molecule has 3 rings (SSSR count). The highest BCUT2D eigenvalue weighted by molar-refractivity contribution is 9.10. The number of carbonyl (C=O) groups excluding carboxylic acids is 1. The number of ether oxygens (including phenoxy) is 2. The highest BCUT2D eigenvalue weighted by atomic mass is 79.9. The van der Waals surface area contributed by atoms with Gasteiger partial charge in [0.25, 0.3) is 5.91 Å². The van der Waals surface area contributed by atoms with Crippen LogP contribution in [0.1, 0.15) is 38.3 Å². The summed E-state index contributed by atoms with van der Waals surface area (Å²) >= 11 is 3.59. The summed E-state index contributed by atoms with van der Waals surface area (Å²) < 4.78 is 12.6. The number of halogens is 1. The number of hydrazine groups is 1. The van der Waals surface area contributed by atoms with E-state index in [4.69, 9.17) is 19.6 Å². The van der Waals surface area contributed by atoms with E-state index in [0.717, 1.165) is 15.6 Å². The minimum Gasteiger partial charge on any atom is -0.494 e. The summed E-state index contributed by atoms with van der Waals surface area (Å²) in [5.41, 5.74) is 6.41. The topological polar surface area (TPSA) is 92.2 Å². The first kappa shape index (κ1) is 24.2. The van der Waals surface area contributed by atoms with Crippen molar-refractivity contribution in [1.82, 2.24) is 10.9 Å². The lowest BCUT2D eigenvalue weighted by atomic mass is 9.86. The van der Waals surface area contributed by atoms with Crippen molar-refractivity contribution in [3.05, 3.63) is 64.1 Å². The second kappa shape index (κ2) is 10.9. The Morgan fingerprint density at radius 1 is 1.25 bits per heavy atom. The molecule has 2 atom stereocenters. The molecule has 32 heavy (non-hydrogen) atoms. The third kappa shape index (κ3) is 5.68. The zero-order chi connectivity index (χ0) is 23.1. The highest BCUT2D eigenvalue weighted by Gasteiger charge is 2.50. The molecule has 0 aliphatic carbocycles. The van der Waals surface area contributed by atoms with Gasteiger partial charge in [0, 0.05) is 35.5 Å². The molecule has 0 radical (unpaired) electrons. The lowest BCUT2D eigenvalue weighted by molar-refractivity contribution is -0.129. The summed E-state index contributed by atoms with van der Waals surface area (Å²) in [6.45, 7) is 6.31. The van der Waals surface area contributed by atoms with Gasteiger partial charge in [0.1, 0.15) is 11.9 Å². The molecule has 0 saturated heterocycles. The van der Waals surface area contributed by atoms with E-state index in [-0.39, 0.29) is 18.6 Å². The number of hydrogen-bond acceptors (Lipinski definition) is 6. The quantitative estimate of drug-likeness (QED) is 0.341. The van der Waals surface area contributed by atoms with Gasteiger partial charge in [-0.1, -0.05) is 34.1 Å². The Labute approximate surface area is 197 Å². The normalized spacial score (nSPS) is 20.1. The van der Waals surface area contributed by atoms with E-state index >= 15 is 0 Å². The molecule has 0 bridgehead atoms. The molecule has 0 saturated carbocycles. The first-order chi connectivity index (χ1) is 15.4. The van der Waals surface area contributed by atoms with Crippen molar-refractivity contribution < 1.29 is 19.4 Å². The molecule has 0 unspecified atom stereocenters. The van der Waals surface area contributed by atoms with Crippen LogP contribution in [0.4, 0.5) is 0 Å². The van der Waals surface area contributed by atoms with Gasteiger partial charge in [0.15, 0.2) is 5.54 Å². The van der Waals surface area contributed by atoms with E-state index < -0.39 is 11.6 Å². The summed E-state index contributed by atoms with van der Waals surface area (Å²) in [6.07, 6.45) is 0.484. The first-order valence-corrected chi connectivity index (χ1v) is 11.5. The van der Waals surface area contributed by atoms with E-state index in [9.17, 15) is 4.79 Å². The number of amides is 1. The Morgan fingerprint density at radius 2 is 1.97 bits per heavy atom. The van der Waals surface area contributed by atoms with Crippen molar-refractivity contribution in [2.75, 3.05) is 13.2 Å². The zero-order valence-corrected chi connectivity index (χ0v) is 20.2. The van der Waals surface area contributed by atoms with Gasteiger partial charge in [-0.05, 0) is 56.7 Å². The Kier molecular flexibility index (Phi) is 8.28. The van der Waals surface area contributed by atoms with Crippen LogP contribution in [0.25, 0.3) is 0 Å². The van der Waals surface area contributed by atoms with Gasteiger partial charge >= 0.3 is 0 Å². The molecule has 7 nitrogen and oxygen atoms in total. The standard InChI is InChI=1S/C24H30BrN3O4/c1-16(2)27-28-23(30)24(15-19-7-4-5-8-21(19)25)17(3)32-22(26-24)18-9-11-20(12-10-18)31-14-6-13-29/h4-5,7-12,16-17,27,29H,6,13-15H2,1-3H3,(H,28,30)/t17-,24-/m0/s1. The van der Waals surface area contributed by atoms with Crippen LogP contribution in [0.2, 0.25) is 0 Å². The number of aliphatic hydroxyl groups excluding tert-OH is 1. The molecule has 3 N–H and O–H groups in total. The molecule has 1 heterocycles. The van der Waals surface area contributed by atoms with Crippen LogP contribution in [-0.2, 0) is 16.0 Å². The fourth-order valence-corrected chi connectivity index (χ4v) is 3.82. The lowest BCUT2D eigenvalue weighted by Gasteiger charge is -2.29. The van der Waals surface area contributed by atoms with Crippen LogP contribution in [0.5, 0.6) is 5.75 Å². The monoisotopic (exact) mass is 503 g/mol. The predicted octanol–water partition coefficient (Wildman–Crippen LogP) is 3.39. The molecule has 0 spiro atoms. The maximum atomic E-state index is 13.4. The molecule has 2 aromatic carbocycles. The largest absolute Gasteiger partial charge is 0.494 e. The van der Waals surface area contributed by atoms with E-state index in [1.165, 1.54) is 0 Å². The Balaban J connectivity index is 1.90. The van der Waals surface area contributed by atoms with E-state index in [1.807, 2.05) is 69.3 Å². The van der Waals surface area contributed by atoms with Crippen LogP contribution in [0.3, 0.4) is 0 Å². The smallest absolute Gasteiger partial charge is 0.266 e. The second-order valence-electron chi connectivity index (χ2n) is 8.07. The highest BCUT2D eigenvalue weighted by Crippen LogP contribution is 2.34. The molecule has 8 heteroatoms. The van der Waals surface area contributed by atoms with Crippen molar-refractivity contribution in [3.8, 4) is 5.75 Å². The Morgan fingerprint density at radius 3 is 2.62 bits per heavy atom. The number of aliphatic imine (C=N–C) groups is 1. The lowest BCUT2D eigenvalue weighted by Crippen LogP contribution is -2.57. The number of benzene rings is 2. The molecular formula is C24H30BrN3O4. The number of hydrogen-bond donors (Lipinski definition) is 3. The van der Waals surface area contributed by atoms with Gasteiger partial charge in [0.05, 0.1) is 6.61 Å². The van der Waals surface area contributed by atoms with Crippen molar-refractivity contribution in [2.24, 2.45) is 4.99 Å². The summed E-state index contributed by atoms with van der Waals surface area (Å²) in [7, 11) is 0. The predicted molar refractivity (Wildman–Crippen MR) is 128 cm³/mol. The maximum Gasteiger partial charge on any atom is 0.266 e.